The molecule has 1 unspecified atom stereocenters. The lowest BCUT2D eigenvalue weighted by Crippen LogP contribution is -2.12. The van der Waals surface area contributed by atoms with E-state index < -0.39 is 0 Å². The topological polar surface area (TPSA) is 38.3 Å². The monoisotopic (exact) mass is 305 g/mol. The summed E-state index contributed by atoms with van der Waals surface area (Å²) in [4.78, 5) is 11.7. The molecule has 0 amide bonds. The van der Waals surface area contributed by atoms with Crippen molar-refractivity contribution in [2.45, 2.75) is 12.3 Å². The second kappa shape index (κ2) is 6.97. The Morgan fingerprint density at radius 1 is 1.04 bits per heavy atom. The maximum atomic E-state index is 11.7. The molecule has 1 aliphatic heterocycles. The molecule has 0 saturated carbocycles. The zero-order chi connectivity index (χ0) is 16.1. The number of carbonyl (C=O) groups is 1. The van der Waals surface area contributed by atoms with Gasteiger partial charge in [-0.25, -0.2) is 0 Å². The Kier molecular flexibility index (Phi) is 4.57. The highest BCUT2D eigenvalue weighted by atomic mass is 16.5. The molecule has 4 rings (SSSR count). The van der Waals surface area contributed by atoms with E-state index in [9.17, 15) is 4.79 Å². The quantitative estimate of drug-likeness (QED) is 0.814. The molecule has 1 atom stereocenters. The van der Waals surface area contributed by atoms with Gasteiger partial charge in [0, 0.05) is 12.4 Å². The summed E-state index contributed by atoms with van der Waals surface area (Å²) in [5, 5.41) is 5.37. The van der Waals surface area contributed by atoms with Gasteiger partial charge in [-0.05, 0) is 40.5 Å². The Hall–Kier alpha value is -2.81. The summed E-state index contributed by atoms with van der Waals surface area (Å²) in [6, 6.07) is 12.3. The number of nitrogens with one attached hydrogen (secondary N) is 1. The Morgan fingerprint density at radius 3 is 2.43 bits per heavy atom. The molecule has 23 heavy (non-hydrogen) atoms. The van der Waals surface area contributed by atoms with Crippen molar-refractivity contribution in [2.24, 2.45) is 0 Å². The van der Waals surface area contributed by atoms with Crippen LogP contribution in [0.2, 0.25) is 0 Å². The van der Waals surface area contributed by atoms with E-state index in [1.807, 2.05) is 54.9 Å². The molecule has 2 aliphatic rings. The van der Waals surface area contributed by atoms with Gasteiger partial charge < -0.3 is 10.1 Å². The lowest BCUT2D eigenvalue weighted by molar-refractivity contribution is -0.142. The lowest BCUT2D eigenvalue weighted by Gasteiger charge is -2.08. The van der Waals surface area contributed by atoms with E-state index in [0.29, 0.717) is 0 Å². The molecular formula is C20H19NO2. The fraction of sp³-hybridized carbons (Fsp3) is 0.150. The highest BCUT2D eigenvalue weighted by Gasteiger charge is 2.30. The molecule has 2 aromatic carbocycles. The maximum absolute atomic E-state index is 11.7. The van der Waals surface area contributed by atoms with Crippen molar-refractivity contribution < 1.29 is 9.53 Å². The van der Waals surface area contributed by atoms with E-state index in [-0.39, 0.29) is 11.9 Å². The van der Waals surface area contributed by atoms with Crippen LogP contribution >= 0.6 is 0 Å². The van der Waals surface area contributed by atoms with Crippen molar-refractivity contribution >= 4 is 16.7 Å². The molecule has 3 nitrogen and oxygen atoms in total. The van der Waals surface area contributed by atoms with Crippen LogP contribution in [0, 0.1) is 0 Å². The minimum atomic E-state index is -0.135. The smallest absolute Gasteiger partial charge is 0.313 e. The molecule has 116 valence electrons. The Morgan fingerprint density at radius 2 is 1.74 bits per heavy atom. The van der Waals surface area contributed by atoms with Gasteiger partial charge >= 0.3 is 5.97 Å². The van der Waals surface area contributed by atoms with Crippen LogP contribution in [0.4, 0.5) is 0 Å². The number of methoxy groups -OCH3 is 1. The number of ether oxygens (including phenoxy) is 1. The van der Waals surface area contributed by atoms with Crippen LogP contribution in [0.5, 0.6) is 0 Å². The second-order valence-electron chi connectivity index (χ2n) is 5.41. The third-order valence-electron chi connectivity index (χ3n) is 4.03. The van der Waals surface area contributed by atoms with Crippen LogP contribution < -0.4 is 5.32 Å². The van der Waals surface area contributed by atoms with Gasteiger partial charge in [0.2, 0.25) is 0 Å². The molecule has 0 fully saturated rings. The molecule has 0 spiro atoms. The summed E-state index contributed by atoms with van der Waals surface area (Å²) >= 11 is 0. The standard InChI is InChI=1S/C14H12O2.C6H7N/c1-16-14(15)12-8-10-6-2-4-9-5-3-7-11(12)13(9)10;1-2-4-6-7-5-3-1/h2-7,12H,8H2,1H3;1-7H. The summed E-state index contributed by atoms with van der Waals surface area (Å²) in [6.45, 7) is 0. The van der Waals surface area contributed by atoms with Crippen LogP contribution in [0.3, 0.4) is 0 Å². The van der Waals surface area contributed by atoms with Crippen molar-refractivity contribution in [1.82, 2.24) is 5.32 Å². The van der Waals surface area contributed by atoms with E-state index in [4.69, 9.17) is 4.74 Å². The molecular weight excluding hydrogens is 286 g/mol. The summed E-state index contributed by atoms with van der Waals surface area (Å²) in [5.41, 5.74) is 2.36. The van der Waals surface area contributed by atoms with Gasteiger partial charge in [0.1, 0.15) is 0 Å². The minimum absolute atomic E-state index is 0.119. The van der Waals surface area contributed by atoms with Crippen LogP contribution in [0.15, 0.2) is 73.1 Å². The predicted molar refractivity (Wildman–Crippen MR) is 93.0 cm³/mol. The Balaban J connectivity index is 0.000000188. The molecule has 1 aliphatic carbocycles. The molecule has 0 aromatic heterocycles. The number of hydrogen-bond donors (Lipinski definition) is 1. The van der Waals surface area contributed by atoms with Gasteiger partial charge in [-0.15, -0.1) is 0 Å². The Bertz CT molecular complexity index is 783. The fourth-order valence-corrected chi connectivity index (χ4v) is 3.00. The first-order valence-corrected chi connectivity index (χ1v) is 7.64. The number of benzene rings is 2. The first-order chi connectivity index (χ1) is 11.3. The van der Waals surface area contributed by atoms with Crippen molar-refractivity contribution in [3.8, 4) is 0 Å². The van der Waals surface area contributed by atoms with Crippen molar-refractivity contribution in [3.05, 3.63) is 84.2 Å². The number of rotatable bonds is 1. The first-order valence-electron chi connectivity index (χ1n) is 7.64. The van der Waals surface area contributed by atoms with E-state index in [0.717, 1.165) is 12.0 Å². The lowest BCUT2D eigenvalue weighted by atomic mass is 10.0. The van der Waals surface area contributed by atoms with Crippen molar-refractivity contribution in [1.29, 1.82) is 0 Å². The molecule has 1 heterocycles. The number of allylic oxidation sites excluding steroid dienone is 4. The van der Waals surface area contributed by atoms with Gasteiger partial charge in [-0.3, -0.25) is 4.79 Å². The molecule has 2 aromatic rings. The highest BCUT2D eigenvalue weighted by Crippen LogP contribution is 2.38. The number of esters is 1. The highest BCUT2D eigenvalue weighted by molar-refractivity contribution is 5.96. The number of hydrogen-bond acceptors (Lipinski definition) is 3. The van der Waals surface area contributed by atoms with Crippen LogP contribution in [-0.2, 0) is 16.0 Å². The molecule has 3 heteroatoms. The minimum Gasteiger partial charge on any atom is -0.469 e. The zero-order valence-electron chi connectivity index (χ0n) is 13.0. The van der Waals surface area contributed by atoms with Crippen molar-refractivity contribution in [2.75, 3.05) is 7.11 Å². The third kappa shape index (κ3) is 3.19. The first kappa shape index (κ1) is 15.1. The van der Waals surface area contributed by atoms with Gasteiger partial charge in [-0.1, -0.05) is 48.6 Å². The van der Waals surface area contributed by atoms with Crippen molar-refractivity contribution in [3.63, 3.8) is 0 Å². The van der Waals surface area contributed by atoms with E-state index >= 15 is 0 Å². The van der Waals surface area contributed by atoms with E-state index in [1.165, 1.54) is 23.4 Å². The average molecular weight is 305 g/mol. The summed E-state index contributed by atoms with van der Waals surface area (Å²) in [7, 11) is 1.45. The van der Waals surface area contributed by atoms with Gasteiger partial charge in [0.15, 0.2) is 0 Å². The Labute approximate surface area is 136 Å². The molecule has 0 saturated heterocycles. The van der Waals surface area contributed by atoms with Gasteiger partial charge in [0.25, 0.3) is 0 Å². The second-order valence-corrected chi connectivity index (χ2v) is 5.41. The van der Waals surface area contributed by atoms with Crippen LogP contribution in [0.25, 0.3) is 10.8 Å². The molecule has 0 radical (unpaired) electrons. The normalized spacial score (nSPS) is 17.2. The average Bonchev–Trinajstić information content (AvgIpc) is 2.79. The zero-order valence-corrected chi connectivity index (χ0v) is 13.0. The third-order valence-corrected chi connectivity index (χ3v) is 4.03. The molecule has 0 bridgehead atoms. The van der Waals surface area contributed by atoms with Gasteiger partial charge in [0.05, 0.1) is 13.0 Å². The van der Waals surface area contributed by atoms with Crippen LogP contribution in [-0.4, -0.2) is 13.1 Å². The molecule has 1 N–H and O–H groups in total. The fourth-order valence-electron chi connectivity index (χ4n) is 3.00. The van der Waals surface area contributed by atoms with E-state index in [2.05, 4.69) is 23.5 Å². The summed E-state index contributed by atoms with van der Waals surface area (Å²) in [6.07, 6.45) is 12.3. The summed E-state index contributed by atoms with van der Waals surface area (Å²) < 4.78 is 4.86. The van der Waals surface area contributed by atoms with Crippen LogP contribution in [0.1, 0.15) is 17.0 Å². The van der Waals surface area contributed by atoms with E-state index in [1.54, 1.807) is 0 Å². The SMILES string of the molecule is C1=CC=CNC=C1.COC(=O)C1Cc2cccc3cccc1c23. The predicted octanol–water partition coefficient (Wildman–Crippen LogP) is 3.83. The maximum Gasteiger partial charge on any atom is 0.313 e. The largest absolute Gasteiger partial charge is 0.469 e. The number of carbonyl (C=O) groups excluding carboxylic acids is 1. The van der Waals surface area contributed by atoms with Gasteiger partial charge in [-0.2, -0.15) is 0 Å². The summed E-state index contributed by atoms with van der Waals surface area (Å²) in [5.74, 6) is -0.255.